The van der Waals surface area contributed by atoms with Gasteiger partial charge < -0.3 is 9.64 Å². The van der Waals surface area contributed by atoms with Gasteiger partial charge in [0.2, 0.25) is 0 Å². The molecule has 6 nitrogen and oxygen atoms in total. The number of halogens is 1. The minimum Gasteiger partial charge on any atom is -0.377 e. The van der Waals surface area contributed by atoms with Crippen LogP contribution in [0.3, 0.4) is 0 Å². The first kappa shape index (κ1) is 14.7. The summed E-state index contributed by atoms with van der Waals surface area (Å²) in [6, 6.07) is 4.19. The molecule has 1 fully saturated rings. The van der Waals surface area contributed by atoms with Gasteiger partial charge in [-0.15, -0.1) is 11.6 Å². The molecule has 1 saturated heterocycles. The highest BCUT2D eigenvalue weighted by Gasteiger charge is 2.28. The molecule has 1 atom stereocenters. The average molecular weight is 299 g/mol. The van der Waals surface area contributed by atoms with Gasteiger partial charge in [-0.1, -0.05) is 0 Å². The second-order valence-electron chi connectivity index (χ2n) is 4.70. The molecule has 1 amide bonds. The van der Waals surface area contributed by atoms with Crippen molar-refractivity contribution in [2.24, 2.45) is 0 Å². The smallest absolute Gasteiger partial charge is 0.270 e. The summed E-state index contributed by atoms with van der Waals surface area (Å²) in [5.74, 6) is 0.0328. The second kappa shape index (κ2) is 6.19. The van der Waals surface area contributed by atoms with Gasteiger partial charge in [-0.05, 0) is 18.6 Å². The molecule has 1 unspecified atom stereocenters. The third-order valence-electron chi connectivity index (χ3n) is 3.19. The van der Waals surface area contributed by atoms with Crippen LogP contribution in [0.1, 0.15) is 15.9 Å². The number of rotatable bonds is 3. The van der Waals surface area contributed by atoms with Gasteiger partial charge in [0.25, 0.3) is 11.6 Å². The summed E-state index contributed by atoms with van der Waals surface area (Å²) in [6.45, 7) is 3.01. The van der Waals surface area contributed by atoms with E-state index in [-0.39, 0.29) is 23.5 Å². The van der Waals surface area contributed by atoms with E-state index in [9.17, 15) is 14.9 Å². The van der Waals surface area contributed by atoms with E-state index < -0.39 is 4.92 Å². The van der Waals surface area contributed by atoms with E-state index in [4.69, 9.17) is 16.3 Å². The maximum absolute atomic E-state index is 12.5. The zero-order valence-corrected chi connectivity index (χ0v) is 11.8. The van der Waals surface area contributed by atoms with Gasteiger partial charge in [0.15, 0.2) is 0 Å². The maximum atomic E-state index is 12.5. The van der Waals surface area contributed by atoms with Crippen LogP contribution in [0, 0.1) is 17.0 Å². The zero-order valence-electron chi connectivity index (χ0n) is 11.0. The monoisotopic (exact) mass is 298 g/mol. The Morgan fingerprint density at radius 3 is 2.95 bits per heavy atom. The molecule has 1 aliphatic rings. The number of ether oxygens (including phenoxy) is 1. The standard InChI is InChI=1S/C13H15ClN2O4/c1-9-4-10(6-11(5-9)16(18)19)13(17)15-2-3-20-8-12(15)7-14/h4-6,12H,2-3,7-8H2,1H3. The number of nitro groups is 1. The molecule has 1 aromatic carbocycles. The third kappa shape index (κ3) is 3.08. The molecule has 2 rings (SSSR count). The molecular weight excluding hydrogens is 284 g/mol. The Morgan fingerprint density at radius 1 is 1.55 bits per heavy atom. The fraction of sp³-hybridized carbons (Fsp3) is 0.462. The number of nitrogens with zero attached hydrogens (tertiary/aromatic N) is 2. The van der Waals surface area contributed by atoms with E-state index in [0.29, 0.717) is 30.9 Å². The number of hydrogen-bond acceptors (Lipinski definition) is 4. The lowest BCUT2D eigenvalue weighted by Crippen LogP contribution is -2.49. The SMILES string of the molecule is Cc1cc(C(=O)N2CCOCC2CCl)cc([N+](=O)[O-])c1. The molecule has 0 spiro atoms. The first-order valence-electron chi connectivity index (χ1n) is 6.23. The number of hydrogen-bond donors (Lipinski definition) is 0. The first-order valence-corrected chi connectivity index (χ1v) is 6.77. The summed E-state index contributed by atoms with van der Waals surface area (Å²) in [5, 5.41) is 10.9. The van der Waals surface area contributed by atoms with Crippen LogP contribution in [0.4, 0.5) is 5.69 Å². The van der Waals surface area contributed by atoms with E-state index in [2.05, 4.69) is 0 Å². The summed E-state index contributed by atoms with van der Waals surface area (Å²) >= 11 is 5.84. The van der Waals surface area contributed by atoms with Crippen molar-refractivity contribution in [1.29, 1.82) is 0 Å². The number of aryl methyl sites for hydroxylation is 1. The lowest BCUT2D eigenvalue weighted by atomic mass is 10.1. The van der Waals surface area contributed by atoms with Crippen LogP contribution in [-0.4, -0.2) is 47.4 Å². The molecule has 0 aromatic heterocycles. The Balaban J connectivity index is 2.30. The highest BCUT2D eigenvalue weighted by atomic mass is 35.5. The molecular formula is C13H15ClN2O4. The Labute approximate surface area is 121 Å². The minimum atomic E-state index is -0.498. The van der Waals surface area contributed by atoms with Crippen molar-refractivity contribution in [3.63, 3.8) is 0 Å². The summed E-state index contributed by atoms with van der Waals surface area (Å²) in [6.07, 6.45) is 0. The number of carbonyl (C=O) groups excluding carboxylic acids is 1. The molecule has 0 bridgehead atoms. The lowest BCUT2D eigenvalue weighted by molar-refractivity contribution is -0.384. The maximum Gasteiger partial charge on any atom is 0.270 e. The van der Waals surface area contributed by atoms with Crippen molar-refractivity contribution >= 4 is 23.2 Å². The van der Waals surface area contributed by atoms with Crippen molar-refractivity contribution in [3.05, 3.63) is 39.4 Å². The largest absolute Gasteiger partial charge is 0.377 e. The van der Waals surface area contributed by atoms with Crippen molar-refractivity contribution in [2.75, 3.05) is 25.6 Å². The summed E-state index contributed by atoms with van der Waals surface area (Å²) in [7, 11) is 0. The predicted molar refractivity (Wildman–Crippen MR) is 74.2 cm³/mol. The van der Waals surface area contributed by atoms with E-state index >= 15 is 0 Å². The number of non-ortho nitro benzene ring substituents is 1. The van der Waals surface area contributed by atoms with Crippen LogP contribution in [0.5, 0.6) is 0 Å². The quantitative estimate of drug-likeness (QED) is 0.486. The van der Waals surface area contributed by atoms with E-state index in [1.54, 1.807) is 17.9 Å². The number of carbonyl (C=O) groups is 1. The lowest BCUT2D eigenvalue weighted by Gasteiger charge is -2.34. The number of amides is 1. The van der Waals surface area contributed by atoms with Crippen LogP contribution < -0.4 is 0 Å². The van der Waals surface area contributed by atoms with E-state index in [1.165, 1.54) is 12.1 Å². The Morgan fingerprint density at radius 2 is 2.30 bits per heavy atom. The van der Waals surface area contributed by atoms with Gasteiger partial charge in [0.1, 0.15) is 0 Å². The molecule has 108 valence electrons. The Bertz CT molecular complexity index is 535. The fourth-order valence-electron chi connectivity index (χ4n) is 2.21. The number of morpholine rings is 1. The van der Waals surface area contributed by atoms with Crippen LogP contribution in [-0.2, 0) is 4.74 Å². The Kier molecular flexibility index (Phi) is 4.57. The van der Waals surface area contributed by atoms with Gasteiger partial charge in [0.05, 0.1) is 24.2 Å². The van der Waals surface area contributed by atoms with Gasteiger partial charge in [-0.3, -0.25) is 14.9 Å². The summed E-state index contributed by atoms with van der Waals surface area (Å²) < 4.78 is 5.29. The molecule has 7 heteroatoms. The molecule has 20 heavy (non-hydrogen) atoms. The van der Waals surface area contributed by atoms with Gasteiger partial charge >= 0.3 is 0 Å². The minimum absolute atomic E-state index is 0.0796. The fourth-order valence-corrected chi connectivity index (χ4v) is 2.46. The molecule has 1 aromatic rings. The third-order valence-corrected chi connectivity index (χ3v) is 3.54. The molecule has 0 N–H and O–H groups in total. The summed E-state index contributed by atoms with van der Waals surface area (Å²) in [4.78, 5) is 24.5. The average Bonchev–Trinajstić information content (AvgIpc) is 2.45. The van der Waals surface area contributed by atoms with Crippen molar-refractivity contribution in [1.82, 2.24) is 4.90 Å². The normalized spacial score (nSPS) is 18.9. The molecule has 1 aliphatic heterocycles. The van der Waals surface area contributed by atoms with Gasteiger partial charge in [0, 0.05) is 30.1 Å². The van der Waals surface area contributed by atoms with Crippen LogP contribution in [0.15, 0.2) is 18.2 Å². The zero-order chi connectivity index (χ0) is 14.7. The highest BCUT2D eigenvalue weighted by Crippen LogP contribution is 2.20. The Hall–Kier alpha value is -1.66. The topological polar surface area (TPSA) is 72.7 Å². The van der Waals surface area contributed by atoms with Crippen molar-refractivity contribution < 1.29 is 14.5 Å². The van der Waals surface area contributed by atoms with E-state index in [0.717, 1.165) is 0 Å². The molecule has 0 saturated carbocycles. The highest BCUT2D eigenvalue weighted by molar-refractivity contribution is 6.18. The molecule has 0 aliphatic carbocycles. The van der Waals surface area contributed by atoms with Crippen molar-refractivity contribution in [3.8, 4) is 0 Å². The first-order chi connectivity index (χ1) is 9.52. The van der Waals surface area contributed by atoms with E-state index in [1.807, 2.05) is 0 Å². The molecule has 1 heterocycles. The van der Waals surface area contributed by atoms with Crippen LogP contribution in [0.25, 0.3) is 0 Å². The predicted octanol–water partition coefficient (Wildman–Crippen LogP) is 1.98. The van der Waals surface area contributed by atoms with Gasteiger partial charge in [-0.25, -0.2) is 0 Å². The number of nitro benzene ring substituents is 1. The second-order valence-corrected chi connectivity index (χ2v) is 5.00. The number of benzene rings is 1. The summed E-state index contributed by atoms with van der Waals surface area (Å²) in [5.41, 5.74) is 0.913. The van der Waals surface area contributed by atoms with Crippen molar-refractivity contribution in [2.45, 2.75) is 13.0 Å². The van der Waals surface area contributed by atoms with Crippen LogP contribution in [0.2, 0.25) is 0 Å². The van der Waals surface area contributed by atoms with Crippen LogP contribution >= 0.6 is 11.6 Å². The number of alkyl halides is 1. The van der Waals surface area contributed by atoms with Gasteiger partial charge in [-0.2, -0.15) is 0 Å². The molecule has 0 radical (unpaired) electrons.